The van der Waals surface area contributed by atoms with Crippen LogP contribution in [0.5, 0.6) is 0 Å². The van der Waals surface area contributed by atoms with Gasteiger partial charge < -0.3 is 9.84 Å². The number of benzene rings is 1. The third-order valence-electron chi connectivity index (χ3n) is 2.78. The molecule has 0 atom stereocenters. The normalized spacial score (nSPS) is 11.2. The van der Waals surface area contributed by atoms with Gasteiger partial charge in [-0.05, 0) is 45.2 Å². The third-order valence-corrected chi connectivity index (χ3v) is 2.78. The molecule has 0 fully saturated rings. The monoisotopic (exact) mass is 278 g/mol. The second-order valence-corrected chi connectivity index (χ2v) is 5.75. The lowest BCUT2D eigenvalue weighted by Gasteiger charge is -2.20. The number of aryl methyl sites for hydroxylation is 1. The molecule has 110 valence electrons. The number of carbonyl (C=O) groups is 2. The molecule has 0 saturated carbocycles. The topological polar surface area (TPSA) is 63.6 Å². The molecule has 0 spiro atoms. The predicted octanol–water partition coefficient (Wildman–Crippen LogP) is 3.68. The van der Waals surface area contributed by atoms with Crippen molar-refractivity contribution >= 4 is 11.9 Å². The summed E-state index contributed by atoms with van der Waals surface area (Å²) in [5, 5.41) is 9.39. The highest BCUT2D eigenvalue weighted by Gasteiger charge is 2.24. The number of rotatable bonds is 5. The van der Waals surface area contributed by atoms with E-state index in [2.05, 4.69) is 0 Å². The van der Waals surface area contributed by atoms with E-state index in [1.54, 1.807) is 32.9 Å². The van der Waals surface area contributed by atoms with Crippen LogP contribution >= 0.6 is 0 Å². The van der Waals surface area contributed by atoms with Crippen LogP contribution in [0.1, 0.15) is 66.8 Å². The van der Waals surface area contributed by atoms with Crippen LogP contribution in [0.2, 0.25) is 0 Å². The standard InChI is InChI=1S/C16H22O4/c1-5-6-8-11-9-7-10-12(13(11)14(17)18)15(19)20-16(2,3)4/h7,9-10H,5-6,8H2,1-4H3,(H,17,18). The zero-order chi connectivity index (χ0) is 15.3. The van der Waals surface area contributed by atoms with Crippen LogP contribution in [-0.2, 0) is 11.2 Å². The average molecular weight is 278 g/mol. The van der Waals surface area contributed by atoms with Crippen molar-refractivity contribution in [2.75, 3.05) is 0 Å². The Morgan fingerprint density at radius 1 is 1.25 bits per heavy atom. The summed E-state index contributed by atoms with van der Waals surface area (Å²) in [5.74, 6) is -1.68. The highest BCUT2D eigenvalue weighted by atomic mass is 16.6. The van der Waals surface area contributed by atoms with Crippen molar-refractivity contribution < 1.29 is 19.4 Å². The first-order chi connectivity index (χ1) is 9.26. The molecule has 1 aromatic rings. The Morgan fingerprint density at radius 2 is 1.90 bits per heavy atom. The molecule has 0 aliphatic heterocycles. The van der Waals surface area contributed by atoms with Gasteiger partial charge >= 0.3 is 11.9 Å². The van der Waals surface area contributed by atoms with Crippen molar-refractivity contribution in [3.05, 3.63) is 34.9 Å². The largest absolute Gasteiger partial charge is 0.478 e. The molecule has 1 N–H and O–H groups in total. The summed E-state index contributed by atoms with van der Waals surface area (Å²) in [4.78, 5) is 23.6. The van der Waals surface area contributed by atoms with Crippen LogP contribution in [0.25, 0.3) is 0 Å². The summed E-state index contributed by atoms with van der Waals surface area (Å²) in [6.45, 7) is 7.31. The number of aromatic carboxylic acids is 1. The SMILES string of the molecule is CCCCc1cccc(C(=O)OC(C)(C)C)c1C(=O)O. The fourth-order valence-corrected chi connectivity index (χ4v) is 1.93. The van der Waals surface area contributed by atoms with E-state index in [-0.39, 0.29) is 11.1 Å². The highest BCUT2D eigenvalue weighted by molar-refractivity contribution is 6.03. The van der Waals surface area contributed by atoms with Gasteiger partial charge in [0.25, 0.3) is 0 Å². The van der Waals surface area contributed by atoms with Crippen molar-refractivity contribution in [2.45, 2.75) is 52.6 Å². The fourth-order valence-electron chi connectivity index (χ4n) is 1.93. The van der Waals surface area contributed by atoms with E-state index in [9.17, 15) is 14.7 Å². The van der Waals surface area contributed by atoms with Gasteiger partial charge in [-0.25, -0.2) is 9.59 Å². The Hall–Kier alpha value is -1.84. The molecular weight excluding hydrogens is 256 g/mol. The number of esters is 1. The van der Waals surface area contributed by atoms with Crippen LogP contribution in [0.4, 0.5) is 0 Å². The zero-order valence-corrected chi connectivity index (χ0v) is 12.5. The first kappa shape index (κ1) is 16.2. The summed E-state index contributed by atoms with van der Waals surface area (Å²) < 4.78 is 5.27. The predicted molar refractivity (Wildman–Crippen MR) is 77.2 cm³/mol. The molecule has 0 amide bonds. The Labute approximate surface area is 119 Å². The minimum atomic E-state index is -1.09. The minimum Gasteiger partial charge on any atom is -0.478 e. The summed E-state index contributed by atoms with van der Waals surface area (Å²) in [6, 6.07) is 4.97. The van der Waals surface area contributed by atoms with Crippen LogP contribution in [0.15, 0.2) is 18.2 Å². The second kappa shape index (κ2) is 6.55. The molecule has 4 heteroatoms. The average Bonchev–Trinajstić information content (AvgIpc) is 2.33. The number of carbonyl (C=O) groups excluding carboxylic acids is 1. The first-order valence-electron chi connectivity index (χ1n) is 6.84. The van der Waals surface area contributed by atoms with Crippen LogP contribution in [0.3, 0.4) is 0 Å². The molecule has 0 bridgehead atoms. The molecule has 0 aliphatic rings. The van der Waals surface area contributed by atoms with Gasteiger partial charge in [-0.3, -0.25) is 0 Å². The van der Waals surface area contributed by atoms with Gasteiger partial charge in [0, 0.05) is 0 Å². The van der Waals surface area contributed by atoms with Gasteiger partial charge in [-0.15, -0.1) is 0 Å². The zero-order valence-electron chi connectivity index (χ0n) is 12.5. The Balaban J connectivity index is 3.18. The lowest BCUT2D eigenvalue weighted by Crippen LogP contribution is -2.25. The Kier molecular flexibility index (Phi) is 5.31. The third kappa shape index (κ3) is 4.37. The summed E-state index contributed by atoms with van der Waals surface area (Å²) in [5.41, 5.74) is 0.227. The smallest absolute Gasteiger partial charge is 0.339 e. The molecule has 0 unspecified atom stereocenters. The van der Waals surface area contributed by atoms with Gasteiger partial charge in [-0.1, -0.05) is 25.5 Å². The number of unbranched alkanes of at least 4 members (excludes halogenated alkanes) is 1. The fraction of sp³-hybridized carbons (Fsp3) is 0.500. The number of carboxylic acid groups (broad SMARTS) is 1. The van der Waals surface area contributed by atoms with E-state index >= 15 is 0 Å². The van der Waals surface area contributed by atoms with Crippen molar-refractivity contribution in [1.82, 2.24) is 0 Å². The van der Waals surface area contributed by atoms with E-state index in [4.69, 9.17) is 4.74 Å². The molecule has 4 nitrogen and oxygen atoms in total. The molecule has 0 aromatic heterocycles. The van der Waals surface area contributed by atoms with Crippen molar-refractivity contribution in [3.63, 3.8) is 0 Å². The molecular formula is C16H22O4. The van der Waals surface area contributed by atoms with Crippen molar-refractivity contribution in [3.8, 4) is 0 Å². The van der Waals surface area contributed by atoms with E-state index in [0.717, 1.165) is 12.8 Å². The van der Waals surface area contributed by atoms with Gasteiger partial charge in [0.15, 0.2) is 0 Å². The lowest BCUT2D eigenvalue weighted by molar-refractivity contribution is 0.00656. The van der Waals surface area contributed by atoms with E-state index in [0.29, 0.717) is 12.0 Å². The molecule has 0 heterocycles. The number of hydrogen-bond acceptors (Lipinski definition) is 3. The number of carboxylic acids is 1. The van der Waals surface area contributed by atoms with Crippen molar-refractivity contribution in [1.29, 1.82) is 0 Å². The maximum atomic E-state index is 12.1. The lowest BCUT2D eigenvalue weighted by atomic mass is 9.97. The number of ether oxygens (including phenoxy) is 1. The molecule has 20 heavy (non-hydrogen) atoms. The quantitative estimate of drug-likeness (QED) is 0.834. The molecule has 0 radical (unpaired) electrons. The second-order valence-electron chi connectivity index (χ2n) is 5.75. The van der Waals surface area contributed by atoms with E-state index in [1.807, 2.05) is 6.92 Å². The Bertz CT molecular complexity index is 498. The molecule has 0 aliphatic carbocycles. The molecule has 0 saturated heterocycles. The number of hydrogen-bond donors (Lipinski definition) is 1. The summed E-state index contributed by atoms with van der Waals surface area (Å²) >= 11 is 0. The first-order valence-corrected chi connectivity index (χ1v) is 6.84. The minimum absolute atomic E-state index is 0.0650. The summed E-state index contributed by atoms with van der Waals surface area (Å²) in [6.07, 6.45) is 2.50. The highest BCUT2D eigenvalue weighted by Crippen LogP contribution is 2.20. The van der Waals surface area contributed by atoms with Gasteiger partial charge in [0.05, 0.1) is 11.1 Å². The Morgan fingerprint density at radius 3 is 2.40 bits per heavy atom. The van der Waals surface area contributed by atoms with Gasteiger partial charge in [0.1, 0.15) is 5.60 Å². The van der Waals surface area contributed by atoms with Gasteiger partial charge in [-0.2, -0.15) is 0 Å². The van der Waals surface area contributed by atoms with Gasteiger partial charge in [0.2, 0.25) is 0 Å². The van der Waals surface area contributed by atoms with Crippen LogP contribution in [0, 0.1) is 0 Å². The van der Waals surface area contributed by atoms with E-state index < -0.39 is 17.5 Å². The maximum Gasteiger partial charge on any atom is 0.339 e. The summed E-state index contributed by atoms with van der Waals surface area (Å²) in [7, 11) is 0. The molecule has 1 aromatic carbocycles. The van der Waals surface area contributed by atoms with Crippen LogP contribution < -0.4 is 0 Å². The van der Waals surface area contributed by atoms with E-state index in [1.165, 1.54) is 6.07 Å². The molecule has 1 rings (SSSR count). The van der Waals surface area contributed by atoms with Crippen molar-refractivity contribution in [2.24, 2.45) is 0 Å². The van der Waals surface area contributed by atoms with Crippen LogP contribution in [-0.4, -0.2) is 22.6 Å². The maximum absolute atomic E-state index is 12.1.